The number of likely N-dealkylation sites (tertiary alicyclic amines) is 1. The monoisotopic (exact) mass is 212 g/mol. The van der Waals surface area contributed by atoms with E-state index in [-0.39, 0.29) is 5.54 Å². The molecule has 0 aromatic rings. The third-order valence-corrected chi connectivity index (χ3v) is 4.30. The zero-order valence-electron chi connectivity index (χ0n) is 10.0. The van der Waals surface area contributed by atoms with Crippen molar-refractivity contribution in [1.29, 1.82) is 0 Å². The summed E-state index contributed by atoms with van der Waals surface area (Å²) in [5, 5.41) is 0. The molecule has 2 rings (SSSR count). The van der Waals surface area contributed by atoms with E-state index in [1.807, 2.05) is 7.11 Å². The standard InChI is InChI=1S/C12H24N2O/c1-12(9-13,10-5-6-10)14-7-3-4-11(8-14)15-2/h10-11H,3-9,13H2,1-2H3. The van der Waals surface area contributed by atoms with Gasteiger partial charge in [-0.15, -0.1) is 0 Å². The molecule has 0 spiro atoms. The molecule has 2 N–H and O–H groups in total. The lowest BCUT2D eigenvalue weighted by atomic mass is 9.90. The number of nitrogens with two attached hydrogens (primary N) is 1. The molecule has 0 radical (unpaired) electrons. The van der Waals surface area contributed by atoms with E-state index in [9.17, 15) is 0 Å². The molecule has 1 saturated carbocycles. The van der Waals surface area contributed by atoms with Gasteiger partial charge in [0.2, 0.25) is 0 Å². The van der Waals surface area contributed by atoms with Gasteiger partial charge in [-0.1, -0.05) is 0 Å². The maximum Gasteiger partial charge on any atom is 0.0698 e. The number of nitrogens with zero attached hydrogens (tertiary/aromatic N) is 1. The highest BCUT2D eigenvalue weighted by Crippen LogP contribution is 2.43. The van der Waals surface area contributed by atoms with Crippen LogP contribution in [-0.4, -0.2) is 43.3 Å². The van der Waals surface area contributed by atoms with Crippen molar-refractivity contribution in [3.63, 3.8) is 0 Å². The van der Waals surface area contributed by atoms with E-state index in [4.69, 9.17) is 10.5 Å². The highest BCUT2D eigenvalue weighted by atomic mass is 16.5. The number of piperidine rings is 1. The molecule has 1 aliphatic carbocycles. The Morgan fingerprint density at radius 1 is 1.40 bits per heavy atom. The van der Waals surface area contributed by atoms with Crippen molar-refractivity contribution in [3.8, 4) is 0 Å². The summed E-state index contributed by atoms with van der Waals surface area (Å²) in [7, 11) is 1.82. The molecule has 15 heavy (non-hydrogen) atoms. The molecule has 0 aromatic heterocycles. The smallest absolute Gasteiger partial charge is 0.0698 e. The minimum Gasteiger partial charge on any atom is -0.380 e. The van der Waals surface area contributed by atoms with Gasteiger partial charge in [0.15, 0.2) is 0 Å². The minimum absolute atomic E-state index is 0.233. The normalized spacial score (nSPS) is 32.6. The molecular formula is C12H24N2O. The number of rotatable bonds is 4. The Morgan fingerprint density at radius 3 is 2.67 bits per heavy atom. The summed E-state index contributed by atoms with van der Waals surface area (Å²) < 4.78 is 5.48. The van der Waals surface area contributed by atoms with E-state index >= 15 is 0 Å². The lowest BCUT2D eigenvalue weighted by Gasteiger charge is -2.45. The molecule has 2 fully saturated rings. The maximum atomic E-state index is 5.98. The first-order valence-electron chi connectivity index (χ1n) is 6.18. The van der Waals surface area contributed by atoms with Crippen LogP contribution in [0.2, 0.25) is 0 Å². The quantitative estimate of drug-likeness (QED) is 0.761. The number of ether oxygens (including phenoxy) is 1. The van der Waals surface area contributed by atoms with E-state index in [0.717, 1.165) is 19.0 Å². The van der Waals surface area contributed by atoms with Gasteiger partial charge in [0.25, 0.3) is 0 Å². The summed E-state index contributed by atoms with van der Waals surface area (Å²) in [5.41, 5.74) is 6.22. The molecule has 3 heteroatoms. The SMILES string of the molecule is COC1CCCN(C(C)(CN)C2CC2)C1. The lowest BCUT2D eigenvalue weighted by molar-refractivity contribution is -0.0187. The molecule has 88 valence electrons. The first-order chi connectivity index (χ1) is 7.20. The van der Waals surface area contributed by atoms with Gasteiger partial charge in [-0.3, -0.25) is 4.90 Å². The van der Waals surface area contributed by atoms with Crippen molar-refractivity contribution in [2.24, 2.45) is 11.7 Å². The molecular weight excluding hydrogens is 188 g/mol. The second kappa shape index (κ2) is 4.40. The van der Waals surface area contributed by atoms with Crippen molar-refractivity contribution < 1.29 is 4.74 Å². The molecule has 1 heterocycles. The third kappa shape index (κ3) is 2.19. The Hall–Kier alpha value is -0.120. The summed E-state index contributed by atoms with van der Waals surface area (Å²) in [6, 6.07) is 0. The van der Waals surface area contributed by atoms with E-state index in [1.54, 1.807) is 0 Å². The summed E-state index contributed by atoms with van der Waals surface area (Å²) in [5.74, 6) is 0.832. The average molecular weight is 212 g/mol. The predicted octanol–water partition coefficient (Wildman–Crippen LogP) is 1.22. The van der Waals surface area contributed by atoms with Gasteiger partial charge in [-0.25, -0.2) is 0 Å². The second-order valence-corrected chi connectivity index (χ2v) is 5.28. The zero-order chi connectivity index (χ0) is 10.9. The molecule has 0 amide bonds. The first kappa shape index (κ1) is 11.4. The van der Waals surface area contributed by atoms with Crippen LogP contribution in [0.3, 0.4) is 0 Å². The van der Waals surface area contributed by atoms with Crippen LogP contribution in [0.4, 0.5) is 0 Å². The Morgan fingerprint density at radius 2 is 2.13 bits per heavy atom. The summed E-state index contributed by atoms with van der Waals surface area (Å²) >= 11 is 0. The molecule has 2 unspecified atom stereocenters. The van der Waals surface area contributed by atoms with E-state index in [0.29, 0.717) is 6.10 Å². The van der Waals surface area contributed by atoms with Gasteiger partial charge in [0, 0.05) is 25.7 Å². The van der Waals surface area contributed by atoms with Gasteiger partial charge in [0.1, 0.15) is 0 Å². The van der Waals surface area contributed by atoms with Gasteiger partial charge >= 0.3 is 0 Å². The fourth-order valence-corrected chi connectivity index (χ4v) is 2.85. The molecule has 3 nitrogen and oxygen atoms in total. The van der Waals surface area contributed by atoms with Crippen molar-refractivity contribution in [2.45, 2.75) is 44.2 Å². The second-order valence-electron chi connectivity index (χ2n) is 5.28. The summed E-state index contributed by atoms with van der Waals surface area (Å²) in [6.07, 6.45) is 5.60. The summed E-state index contributed by atoms with van der Waals surface area (Å²) in [4.78, 5) is 2.57. The number of methoxy groups -OCH3 is 1. The van der Waals surface area contributed by atoms with Crippen molar-refractivity contribution in [3.05, 3.63) is 0 Å². The van der Waals surface area contributed by atoms with E-state index in [2.05, 4.69) is 11.8 Å². The fourth-order valence-electron chi connectivity index (χ4n) is 2.85. The van der Waals surface area contributed by atoms with Crippen LogP contribution < -0.4 is 5.73 Å². The van der Waals surface area contributed by atoms with Crippen LogP contribution in [0.15, 0.2) is 0 Å². The lowest BCUT2D eigenvalue weighted by Crippen LogP contribution is -2.57. The van der Waals surface area contributed by atoms with Crippen molar-refractivity contribution >= 4 is 0 Å². The van der Waals surface area contributed by atoms with Gasteiger partial charge < -0.3 is 10.5 Å². The third-order valence-electron chi connectivity index (χ3n) is 4.30. The Kier molecular flexibility index (Phi) is 3.33. The molecule has 2 atom stereocenters. The first-order valence-corrected chi connectivity index (χ1v) is 6.18. The minimum atomic E-state index is 0.233. The molecule has 1 aliphatic heterocycles. The maximum absolute atomic E-state index is 5.98. The highest BCUT2D eigenvalue weighted by molar-refractivity contribution is 5.01. The van der Waals surface area contributed by atoms with E-state index < -0.39 is 0 Å². The average Bonchev–Trinajstić information content (AvgIpc) is 3.12. The Balaban J connectivity index is 2.00. The largest absolute Gasteiger partial charge is 0.380 e. The van der Waals surface area contributed by atoms with Crippen LogP contribution in [0.25, 0.3) is 0 Å². The predicted molar refractivity (Wildman–Crippen MR) is 61.8 cm³/mol. The molecule has 0 bridgehead atoms. The topological polar surface area (TPSA) is 38.5 Å². The van der Waals surface area contributed by atoms with Gasteiger partial charge in [0.05, 0.1) is 6.10 Å². The van der Waals surface area contributed by atoms with Crippen LogP contribution in [0.1, 0.15) is 32.6 Å². The number of hydrogen-bond donors (Lipinski definition) is 1. The van der Waals surface area contributed by atoms with Gasteiger partial charge in [-0.2, -0.15) is 0 Å². The van der Waals surface area contributed by atoms with Crippen LogP contribution in [-0.2, 0) is 4.74 Å². The molecule has 2 aliphatic rings. The van der Waals surface area contributed by atoms with Crippen LogP contribution >= 0.6 is 0 Å². The highest BCUT2D eigenvalue weighted by Gasteiger charge is 2.45. The Bertz CT molecular complexity index is 218. The summed E-state index contributed by atoms with van der Waals surface area (Å²) in [6.45, 7) is 5.39. The van der Waals surface area contributed by atoms with E-state index in [1.165, 1.54) is 32.2 Å². The van der Waals surface area contributed by atoms with Gasteiger partial charge in [-0.05, 0) is 45.1 Å². The van der Waals surface area contributed by atoms with Crippen molar-refractivity contribution in [2.75, 3.05) is 26.7 Å². The Labute approximate surface area is 93.0 Å². The molecule has 1 saturated heterocycles. The van der Waals surface area contributed by atoms with Crippen LogP contribution in [0.5, 0.6) is 0 Å². The fraction of sp³-hybridized carbons (Fsp3) is 1.00. The van der Waals surface area contributed by atoms with Crippen molar-refractivity contribution in [1.82, 2.24) is 4.90 Å². The van der Waals surface area contributed by atoms with Crippen LogP contribution in [0, 0.1) is 5.92 Å². The zero-order valence-corrected chi connectivity index (χ0v) is 10.0. The molecule has 0 aromatic carbocycles. The number of hydrogen-bond acceptors (Lipinski definition) is 3.